The summed E-state index contributed by atoms with van der Waals surface area (Å²) in [4.78, 5) is 6.76. The first-order chi connectivity index (χ1) is 8.16. The normalized spacial score (nSPS) is 10.7. The molecule has 0 aliphatic heterocycles. The number of aromatic nitrogens is 1. The van der Waals surface area contributed by atoms with Crippen molar-refractivity contribution in [2.24, 2.45) is 0 Å². The van der Waals surface area contributed by atoms with Crippen LogP contribution in [0.2, 0.25) is 0 Å². The van der Waals surface area contributed by atoms with Crippen LogP contribution in [0.25, 0.3) is 0 Å². The third-order valence-corrected chi connectivity index (χ3v) is 4.97. The maximum Gasteiger partial charge on any atom is 0.0797 e. The first-order valence-electron chi connectivity index (χ1n) is 5.23. The molecule has 0 fully saturated rings. The number of nitrogens with zero attached hydrogens (tertiary/aromatic N) is 1. The van der Waals surface area contributed by atoms with Crippen molar-refractivity contribution in [1.82, 2.24) is 4.98 Å². The van der Waals surface area contributed by atoms with E-state index in [1.165, 1.54) is 4.88 Å². The van der Waals surface area contributed by atoms with Crippen molar-refractivity contribution < 1.29 is 0 Å². The highest BCUT2D eigenvalue weighted by atomic mass is 79.9. The summed E-state index contributed by atoms with van der Waals surface area (Å²) in [5, 5.41) is 0. The molecule has 2 nitrogen and oxygen atoms in total. The summed E-state index contributed by atoms with van der Waals surface area (Å²) in [7, 11) is 0. The van der Waals surface area contributed by atoms with Gasteiger partial charge in [-0.1, -0.05) is 15.9 Å². The summed E-state index contributed by atoms with van der Waals surface area (Å²) >= 11 is 6.98. The Bertz CT molecular complexity index is 511. The first kappa shape index (κ1) is 12.9. The second kappa shape index (κ2) is 5.89. The molecule has 0 unspecified atom stereocenters. The quantitative estimate of drug-likeness (QED) is 0.677. The molecule has 1 heterocycles. The molecule has 5 heteroatoms. The third-order valence-electron chi connectivity index (χ3n) is 2.41. The van der Waals surface area contributed by atoms with Crippen LogP contribution in [0.3, 0.4) is 0 Å². The van der Waals surface area contributed by atoms with Crippen LogP contribution in [-0.2, 0) is 6.42 Å². The van der Waals surface area contributed by atoms with Crippen LogP contribution >= 0.6 is 39.0 Å². The third kappa shape index (κ3) is 3.47. The molecular formula is C12H13BrN2S2. The Labute approximate surface area is 118 Å². The largest absolute Gasteiger partial charge is 0.398 e. The Morgan fingerprint density at radius 1 is 1.47 bits per heavy atom. The Morgan fingerprint density at radius 3 is 3.00 bits per heavy atom. The number of benzene rings is 1. The minimum Gasteiger partial charge on any atom is -0.398 e. The van der Waals surface area contributed by atoms with Gasteiger partial charge in [0.05, 0.1) is 11.2 Å². The molecule has 0 bridgehead atoms. The number of hydrogen-bond donors (Lipinski definition) is 1. The lowest BCUT2D eigenvalue weighted by molar-refractivity contribution is 1.12. The second-order valence-electron chi connectivity index (χ2n) is 3.64. The van der Waals surface area contributed by atoms with E-state index in [9.17, 15) is 0 Å². The van der Waals surface area contributed by atoms with Crippen LogP contribution in [0.5, 0.6) is 0 Å². The zero-order chi connectivity index (χ0) is 12.3. The minimum absolute atomic E-state index is 0.847. The van der Waals surface area contributed by atoms with Gasteiger partial charge in [0, 0.05) is 25.7 Å². The lowest BCUT2D eigenvalue weighted by Crippen LogP contribution is -1.92. The number of rotatable bonds is 4. The monoisotopic (exact) mass is 328 g/mol. The van der Waals surface area contributed by atoms with Gasteiger partial charge >= 0.3 is 0 Å². The van der Waals surface area contributed by atoms with Crippen molar-refractivity contribution >= 4 is 44.7 Å². The fourth-order valence-corrected chi connectivity index (χ4v) is 3.85. The van der Waals surface area contributed by atoms with Gasteiger partial charge in [-0.25, -0.2) is 4.98 Å². The Kier molecular flexibility index (Phi) is 4.48. The smallest absolute Gasteiger partial charge is 0.0797 e. The van der Waals surface area contributed by atoms with E-state index in [4.69, 9.17) is 5.73 Å². The first-order valence-corrected chi connectivity index (χ1v) is 7.89. The summed E-state index contributed by atoms with van der Waals surface area (Å²) in [6.07, 6.45) is 1.05. The molecule has 0 radical (unpaired) electrons. The van der Waals surface area contributed by atoms with Gasteiger partial charge in [0.25, 0.3) is 0 Å². The van der Waals surface area contributed by atoms with Crippen LogP contribution in [0.15, 0.2) is 33.1 Å². The number of anilines is 1. The molecule has 0 atom stereocenters. The average Bonchev–Trinajstić information content (AvgIpc) is 2.70. The number of aryl methyl sites for hydroxylation is 2. The molecule has 1 aromatic heterocycles. The SMILES string of the molecule is Cc1ncsc1CCSc1cc(Br)ccc1N. The Hall–Kier alpha value is -0.520. The van der Waals surface area contributed by atoms with Crippen molar-refractivity contribution in [3.05, 3.63) is 38.8 Å². The number of nitrogen functional groups attached to an aromatic ring is 1. The highest BCUT2D eigenvalue weighted by Crippen LogP contribution is 2.29. The zero-order valence-electron chi connectivity index (χ0n) is 9.44. The average molecular weight is 329 g/mol. The second-order valence-corrected chi connectivity index (χ2v) is 6.63. The number of nitrogens with two attached hydrogens (primary N) is 1. The van der Waals surface area contributed by atoms with Crippen LogP contribution in [-0.4, -0.2) is 10.7 Å². The van der Waals surface area contributed by atoms with Gasteiger partial charge in [-0.15, -0.1) is 23.1 Å². The van der Waals surface area contributed by atoms with Crippen LogP contribution in [0, 0.1) is 6.92 Å². The van der Waals surface area contributed by atoms with Crippen LogP contribution < -0.4 is 5.73 Å². The fraction of sp³-hybridized carbons (Fsp3) is 0.250. The molecule has 2 N–H and O–H groups in total. The molecule has 0 aliphatic carbocycles. The summed E-state index contributed by atoms with van der Waals surface area (Å²) < 4.78 is 1.07. The van der Waals surface area contributed by atoms with E-state index in [1.807, 2.05) is 17.6 Å². The highest BCUT2D eigenvalue weighted by molar-refractivity contribution is 9.10. The van der Waals surface area contributed by atoms with Gasteiger partial charge in [-0.3, -0.25) is 0 Å². The Balaban J connectivity index is 1.94. The maximum absolute atomic E-state index is 5.93. The standard InChI is InChI=1S/C12H13BrN2S2/c1-8-11(17-7-15-8)4-5-16-12-6-9(13)2-3-10(12)14/h2-3,6-7H,4-5,14H2,1H3. The fourth-order valence-electron chi connectivity index (χ4n) is 1.45. The van der Waals surface area contributed by atoms with Gasteiger partial charge in [-0.05, 0) is 31.5 Å². The van der Waals surface area contributed by atoms with Crippen molar-refractivity contribution in [1.29, 1.82) is 0 Å². The molecular weight excluding hydrogens is 316 g/mol. The lowest BCUT2D eigenvalue weighted by Gasteiger charge is -2.05. The van der Waals surface area contributed by atoms with E-state index in [2.05, 4.69) is 33.9 Å². The molecule has 0 saturated heterocycles. The van der Waals surface area contributed by atoms with E-state index >= 15 is 0 Å². The molecule has 0 amide bonds. The van der Waals surface area contributed by atoms with Crippen molar-refractivity contribution in [3.63, 3.8) is 0 Å². The molecule has 90 valence electrons. The number of thiazole rings is 1. The van der Waals surface area contributed by atoms with Crippen molar-refractivity contribution in [2.75, 3.05) is 11.5 Å². The van der Waals surface area contributed by atoms with Crippen LogP contribution in [0.4, 0.5) is 5.69 Å². The summed E-state index contributed by atoms with van der Waals surface area (Å²) in [5.74, 6) is 1.03. The maximum atomic E-state index is 5.93. The van der Waals surface area contributed by atoms with Crippen LogP contribution in [0.1, 0.15) is 10.6 Å². The molecule has 17 heavy (non-hydrogen) atoms. The van der Waals surface area contributed by atoms with Gasteiger partial charge in [-0.2, -0.15) is 0 Å². The molecule has 0 spiro atoms. The molecule has 2 aromatic rings. The van der Waals surface area contributed by atoms with E-state index < -0.39 is 0 Å². The molecule has 0 aliphatic rings. The summed E-state index contributed by atoms with van der Waals surface area (Å²) in [6.45, 7) is 2.06. The molecule has 1 aromatic carbocycles. The molecule has 2 rings (SSSR count). The number of hydrogen-bond acceptors (Lipinski definition) is 4. The van der Waals surface area contributed by atoms with Crippen molar-refractivity contribution in [2.45, 2.75) is 18.2 Å². The van der Waals surface area contributed by atoms with E-state index in [0.29, 0.717) is 0 Å². The molecule has 0 saturated carbocycles. The summed E-state index contributed by atoms with van der Waals surface area (Å²) in [5.41, 5.74) is 9.83. The van der Waals surface area contributed by atoms with Gasteiger partial charge in [0.15, 0.2) is 0 Å². The van der Waals surface area contributed by atoms with Gasteiger partial charge < -0.3 is 5.73 Å². The van der Waals surface area contributed by atoms with E-state index in [1.54, 1.807) is 23.1 Å². The summed E-state index contributed by atoms with van der Waals surface area (Å²) in [6, 6.07) is 5.97. The van der Waals surface area contributed by atoms with Crippen molar-refractivity contribution in [3.8, 4) is 0 Å². The lowest BCUT2D eigenvalue weighted by atomic mass is 10.3. The van der Waals surface area contributed by atoms with Gasteiger partial charge in [0.2, 0.25) is 0 Å². The van der Waals surface area contributed by atoms with E-state index in [0.717, 1.165) is 32.9 Å². The zero-order valence-corrected chi connectivity index (χ0v) is 12.7. The Morgan fingerprint density at radius 2 is 2.29 bits per heavy atom. The van der Waals surface area contributed by atoms with Gasteiger partial charge in [0.1, 0.15) is 0 Å². The predicted octanol–water partition coefficient (Wildman–Crippen LogP) is 4.13. The minimum atomic E-state index is 0.847. The predicted molar refractivity (Wildman–Crippen MR) is 79.8 cm³/mol. The highest BCUT2D eigenvalue weighted by Gasteiger charge is 2.04. The topological polar surface area (TPSA) is 38.9 Å². The number of thioether (sulfide) groups is 1. The number of halogens is 1. The van der Waals surface area contributed by atoms with E-state index in [-0.39, 0.29) is 0 Å².